The molecule has 2 N–H and O–H groups in total. The van der Waals surface area contributed by atoms with Crippen molar-refractivity contribution < 1.29 is 9.90 Å². The third-order valence-electron chi connectivity index (χ3n) is 3.81. The lowest BCUT2D eigenvalue weighted by atomic mass is 9.94. The van der Waals surface area contributed by atoms with E-state index in [1.54, 1.807) is 0 Å². The van der Waals surface area contributed by atoms with Gasteiger partial charge in [0.25, 0.3) is 0 Å². The second kappa shape index (κ2) is 5.93. The lowest BCUT2D eigenvalue weighted by molar-refractivity contribution is -0.123. The minimum absolute atomic E-state index is 0.0969. The van der Waals surface area contributed by atoms with Gasteiger partial charge in [0.05, 0.1) is 5.41 Å². The lowest BCUT2D eigenvalue weighted by Crippen LogP contribution is -2.37. The van der Waals surface area contributed by atoms with E-state index in [9.17, 15) is 4.79 Å². The number of carbonyl (C=O) groups is 1. The van der Waals surface area contributed by atoms with Crippen molar-refractivity contribution in [3.8, 4) is 0 Å². The summed E-state index contributed by atoms with van der Waals surface area (Å²) in [5, 5.41) is 12.5. The van der Waals surface area contributed by atoms with Crippen molar-refractivity contribution in [1.82, 2.24) is 5.32 Å². The number of hydrogen-bond donors (Lipinski definition) is 2. The number of hydrogen-bond acceptors (Lipinski definition) is 2. The highest BCUT2D eigenvalue weighted by molar-refractivity contribution is 6.30. The molecule has 0 heterocycles. The predicted octanol–water partition coefficient (Wildman–Crippen LogP) is 2.51. The van der Waals surface area contributed by atoms with Crippen molar-refractivity contribution in [3.63, 3.8) is 0 Å². The van der Waals surface area contributed by atoms with Crippen LogP contribution in [0.25, 0.3) is 0 Å². The fourth-order valence-corrected chi connectivity index (χ4v) is 2.43. The molecule has 19 heavy (non-hydrogen) atoms. The first-order valence-electron chi connectivity index (χ1n) is 6.74. The third kappa shape index (κ3) is 3.28. The van der Waals surface area contributed by atoms with Crippen molar-refractivity contribution in [2.45, 2.75) is 31.6 Å². The molecular formula is C15H20ClNO2. The van der Waals surface area contributed by atoms with E-state index in [1.807, 2.05) is 31.2 Å². The van der Waals surface area contributed by atoms with Crippen molar-refractivity contribution in [2.75, 3.05) is 13.2 Å². The second-order valence-electron chi connectivity index (χ2n) is 5.42. The summed E-state index contributed by atoms with van der Waals surface area (Å²) < 4.78 is 0. The zero-order valence-electron chi connectivity index (χ0n) is 11.2. The van der Waals surface area contributed by atoms with E-state index in [0.29, 0.717) is 23.9 Å². The van der Waals surface area contributed by atoms with E-state index < -0.39 is 0 Å². The molecule has 1 aromatic rings. The Hall–Kier alpha value is -1.06. The molecular weight excluding hydrogens is 262 g/mol. The molecule has 0 spiro atoms. The number of rotatable bonds is 6. The molecule has 1 aliphatic carbocycles. The highest BCUT2D eigenvalue weighted by Crippen LogP contribution is 2.48. The van der Waals surface area contributed by atoms with E-state index in [1.165, 1.54) is 0 Å². The lowest BCUT2D eigenvalue weighted by Gasteiger charge is -2.18. The van der Waals surface area contributed by atoms with E-state index in [-0.39, 0.29) is 17.9 Å². The summed E-state index contributed by atoms with van der Waals surface area (Å²) >= 11 is 5.87. The minimum atomic E-state index is -0.344. The van der Waals surface area contributed by atoms with Gasteiger partial charge in [-0.3, -0.25) is 4.79 Å². The van der Waals surface area contributed by atoms with Crippen LogP contribution in [0.2, 0.25) is 5.02 Å². The second-order valence-corrected chi connectivity index (χ2v) is 5.85. The first kappa shape index (κ1) is 14.4. The molecule has 1 unspecified atom stereocenters. The van der Waals surface area contributed by atoms with Crippen molar-refractivity contribution in [3.05, 3.63) is 34.9 Å². The van der Waals surface area contributed by atoms with Gasteiger partial charge in [0.1, 0.15) is 0 Å². The summed E-state index contributed by atoms with van der Waals surface area (Å²) in [4.78, 5) is 12.3. The van der Waals surface area contributed by atoms with Gasteiger partial charge in [-0.2, -0.15) is 0 Å². The fourth-order valence-electron chi connectivity index (χ4n) is 2.30. The molecule has 1 amide bonds. The van der Waals surface area contributed by atoms with Crippen LogP contribution in [-0.2, 0) is 10.2 Å². The van der Waals surface area contributed by atoms with Crippen LogP contribution in [0.15, 0.2) is 24.3 Å². The van der Waals surface area contributed by atoms with Gasteiger partial charge in [-0.05, 0) is 42.9 Å². The molecule has 1 aromatic carbocycles. The van der Waals surface area contributed by atoms with Crippen LogP contribution < -0.4 is 5.32 Å². The summed E-state index contributed by atoms with van der Waals surface area (Å²) in [6.07, 6.45) is 2.51. The number of halogens is 1. The molecule has 3 nitrogen and oxygen atoms in total. The summed E-state index contributed by atoms with van der Waals surface area (Å²) in [5.41, 5.74) is 0.702. The van der Waals surface area contributed by atoms with E-state index in [0.717, 1.165) is 18.4 Å². The SMILES string of the molecule is CC(CCO)CNC(=O)C1(c2ccc(Cl)cc2)CC1. The van der Waals surface area contributed by atoms with Gasteiger partial charge in [0.2, 0.25) is 5.91 Å². The number of nitrogens with one attached hydrogen (secondary N) is 1. The molecule has 2 rings (SSSR count). The Kier molecular flexibility index (Phi) is 4.48. The maximum atomic E-state index is 12.3. The normalized spacial score (nSPS) is 17.8. The molecule has 0 saturated heterocycles. The molecule has 104 valence electrons. The number of aliphatic hydroxyl groups excluding tert-OH is 1. The zero-order chi connectivity index (χ0) is 13.9. The monoisotopic (exact) mass is 281 g/mol. The van der Waals surface area contributed by atoms with E-state index in [2.05, 4.69) is 5.32 Å². The van der Waals surface area contributed by atoms with Crippen LogP contribution >= 0.6 is 11.6 Å². The molecule has 4 heteroatoms. The first-order valence-corrected chi connectivity index (χ1v) is 7.11. The Bertz CT molecular complexity index is 440. The number of amides is 1. The summed E-state index contributed by atoms with van der Waals surface area (Å²) in [6.45, 7) is 2.81. The van der Waals surface area contributed by atoms with Gasteiger partial charge in [0, 0.05) is 18.2 Å². The van der Waals surface area contributed by atoms with Crippen LogP contribution in [0.1, 0.15) is 31.7 Å². The highest BCUT2D eigenvalue weighted by atomic mass is 35.5. The largest absolute Gasteiger partial charge is 0.396 e. The van der Waals surface area contributed by atoms with Crippen molar-refractivity contribution in [1.29, 1.82) is 0 Å². The minimum Gasteiger partial charge on any atom is -0.396 e. The van der Waals surface area contributed by atoms with Crippen LogP contribution in [-0.4, -0.2) is 24.2 Å². The Morgan fingerprint density at radius 2 is 2.05 bits per heavy atom. The number of benzene rings is 1. The summed E-state index contributed by atoms with van der Waals surface area (Å²) in [7, 11) is 0. The Morgan fingerprint density at radius 3 is 2.58 bits per heavy atom. The predicted molar refractivity (Wildman–Crippen MR) is 76.2 cm³/mol. The van der Waals surface area contributed by atoms with Crippen LogP contribution in [0.5, 0.6) is 0 Å². The topological polar surface area (TPSA) is 49.3 Å². The Morgan fingerprint density at radius 1 is 1.42 bits per heavy atom. The van der Waals surface area contributed by atoms with Crippen LogP contribution in [0.3, 0.4) is 0 Å². The van der Waals surface area contributed by atoms with Crippen molar-refractivity contribution >= 4 is 17.5 Å². The maximum absolute atomic E-state index is 12.3. The molecule has 0 bridgehead atoms. The van der Waals surface area contributed by atoms with Crippen LogP contribution in [0, 0.1) is 5.92 Å². The highest BCUT2D eigenvalue weighted by Gasteiger charge is 2.51. The number of carbonyl (C=O) groups excluding carboxylic acids is 1. The molecule has 1 aliphatic rings. The van der Waals surface area contributed by atoms with Gasteiger partial charge >= 0.3 is 0 Å². The summed E-state index contributed by atoms with van der Waals surface area (Å²) in [5.74, 6) is 0.398. The van der Waals surface area contributed by atoms with Gasteiger partial charge in [0.15, 0.2) is 0 Å². The molecule has 1 fully saturated rings. The molecule has 1 atom stereocenters. The standard InChI is InChI=1S/C15H20ClNO2/c1-11(6-9-18)10-17-14(19)15(7-8-15)12-2-4-13(16)5-3-12/h2-5,11,18H,6-10H2,1H3,(H,17,19). The Balaban J connectivity index is 1.96. The summed E-state index contributed by atoms with van der Waals surface area (Å²) in [6, 6.07) is 7.54. The smallest absolute Gasteiger partial charge is 0.230 e. The van der Waals surface area contributed by atoms with E-state index >= 15 is 0 Å². The number of aliphatic hydroxyl groups is 1. The average molecular weight is 282 g/mol. The first-order chi connectivity index (χ1) is 9.08. The maximum Gasteiger partial charge on any atom is 0.230 e. The molecule has 0 aliphatic heterocycles. The van der Waals surface area contributed by atoms with Gasteiger partial charge in [-0.15, -0.1) is 0 Å². The zero-order valence-corrected chi connectivity index (χ0v) is 11.9. The quantitative estimate of drug-likeness (QED) is 0.842. The molecule has 1 saturated carbocycles. The Labute approximate surface area is 119 Å². The fraction of sp³-hybridized carbons (Fsp3) is 0.533. The van der Waals surface area contributed by atoms with E-state index in [4.69, 9.17) is 16.7 Å². The van der Waals surface area contributed by atoms with Gasteiger partial charge in [-0.25, -0.2) is 0 Å². The molecule has 0 radical (unpaired) electrons. The van der Waals surface area contributed by atoms with Gasteiger partial charge < -0.3 is 10.4 Å². The average Bonchev–Trinajstić information content (AvgIpc) is 3.19. The van der Waals surface area contributed by atoms with Gasteiger partial charge in [-0.1, -0.05) is 30.7 Å². The van der Waals surface area contributed by atoms with Crippen molar-refractivity contribution in [2.24, 2.45) is 5.92 Å². The van der Waals surface area contributed by atoms with Crippen LogP contribution in [0.4, 0.5) is 0 Å². The molecule has 0 aromatic heterocycles. The third-order valence-corrected chi connectivity index (χ3v) is 4.07.